The summed E-state index contributed by atoms with van der Waals surface area (Å²) >= 11 is 0. The lowest BCUT2D eigenvalue weighted by Gasteiger charge is -2.09. The topological polar surface area (TPSA) is 70.3 Å². The van der Waals surface area contributed by atoms with Gasteiger partial charge in [-0.15, -0.1) is 0 Å². The fourth-order valence-corrected chi connectivity index (χ4v) is 1.70. The van der Waals surface area contributed by atoms with Crippen molar-refractivity contribution in [2.24, 2.45) is 0 Å². The van der Waals surface area contributed by atoms with Crippen molar-refractivity contribution in [3.05, 3.63) is 41.9 Å². The molecule has 0 aliphatic carbocycles. The zero-order chi connectivity index (χ0) is 13.0. The monoisotopic (exact) mass is 245 g/mol. The average molecular weight is 245 g/mol. The fourth-order valence-electron chi connectivity index (χ4n) is 1.70. The van der Waals surface area contributed by atoms with E-state index in [2.05, 4.69) is 9.97 Å². The Hall–Kier alpha value is -2.30. The SMILES string of the molecule is COc1ccc(Cc2nccnc2N)cc1OC. The molecule has 2 aromatic rings. The van der Waals surface area contributed by atoms with Gasteiger partial charge in [-0.2, -0.15) is 0 Å². The van der Waals surface area contributed by atoms with Crippen LogP contribution in [0.5, 0.6) is 11.5 Å². The second-order valence-corrected chi connectivity index (χ2v) is 3.75. The van der Waals surface area contributed by atoms with E-state index in [1.165, 1.54) is 0 Å². The maximum Gasteiger partial charge on any atom is 0.160 e. The van der Waals surface area contributed by atoms with Gasteiger partial charge >= 0.3 is 0 Å². The summed E-state index contributed by atoms with van der Waals surface area (Å²) in [5, 5.41) is 0. The van der Waals surface area contributed by atoms with Crippen LogP contribution in [-0.2, 0) is 6.42 Å². The van der Waals surface area contributed by atoms with E-state index in [1.807, 2.05) is 18.2 Å². The van der Waals surface area contributed by atoms with Crippen LogP contribution in [0.2, 0.25) is 0 Å². The molecule has 0 saturated heterocycles. The highest BCUT2D eigenvalue weighted by Gasteiger charge is 2.07. The van der Waals surface area contributed by atoms with Crippen molar-refractivity contribution >= 4 is 5.82 Å². The smallest absolute Gasteiger partial charge is 0.160 e. The zero-order valence-corrected chi connectivity index (χ0v) is 10.4. The summed E-state index contributed by atoms with van der Waals surface area (Å²) in [5.41, 5.74) is 7.56. The third-order valence-electron chi connectivity index (χ3n) is 2.63. The fraction of sp³-hybridized carbons (Fsp3) is 0.231. The predicted molar refractivity (Wildman–Crippen MR) is 68.8 cm³/mol. The molecule has 0 amide bonds. The molecule has 18 heavy (non-hydrogen) atoms. The third-order valence-corrected chi connectivity index (χ3v) is 2.63. The van der Waals surface area contributed by atoms with E-state index >= 15 is 0 Å². The van der Waals surface area contributed by atoms with E-state index in [1.54, 1.807) is 26.6 Å². The molecule has 1 aromatic carbocycles. The van der Waals surface area contributed by atoms with Gasteiger partial charge in [-0.3, -0.25) is 4.98 Å². The summed E-state index contributed by atoms with van der Waals surface area (Å²) < 4.78 is 10.4. The number of rotatable bonds is 4. The molecule has 0 spiro atoms. The van der Waals surface area contributed by atoms with Gasteiger partial charge < -0.3 is 15.2 Å². The van der Waals surface area contributed by atoms with E-state index in [9.17, 15) is 0 Å². The van der Waals surface area contributed by atoms with Gasteiger partial charge in [0, 0.05) is 18.8 Å². The lowest BCUT2D eigenvalue weighted by atomic mass is 10.1. The highest BCUT2D eigenvalue weighted by Crippen LogP contribution is 2.28. The number of anilines is 1. The minimum Gasteiger partial charge on any atom is -0.493 e. The number of ether oxygens (including phenoxy) is 2. The summed E-state index contributed by atoms with van der Waals surface area (Å²) in [4.78, 5) is 8.22. The molecule has 94 valence electrons. The van der Waals surface area contributed by atoms with Crippen LogP contribution in [0, 0.1) is 0 Å². The highest BCUT2D eigenvalue weighted by atomic mass is 16.5. The molecule has 2 rings (SSSR count). The molecule has 2 N–H and O–H groups in total. The first-order valence-electron chi connectivity index (χ1n) is 5.51. The van der Waals surface area contributed by atoms with Crippen LogP contribution >= 0.6 is 0 Å². The molecule has 0 saturated carbocycles. The van der Waals surface area contributed by atoms with Gasteiger partial charge in [-0.1, -0.05) is 6.07 Å². The van der Waals surface area contributed by atoms with Gasteiger partial charge in [0.25, 0.3) is 0 Å². The Balaban J connectivity index is 2.27. The standard InChI is InChI=1S/C13H15N3O2/c1-17-11-4-3-9(8-12(11)18-2)7-10-13(14)16-6-5-15-10/h3-6,8H,7H2,1-2H3,(H2,14,16). The van der Waals surface area contributed by atoms with Gasteiger partial charge in [0.1, 0.15) is 5.82 Å². The van der Waals surface area contributed by atoms with Crippen LogP contribution in [0.1, 0.15) is 11.3 Å². The Morgan fingerprint density at radius 1 is 1.06 bits per heavy atom. The summed E-state index contributed by atoms with van der Waals surface area (Å²) in [6.45, 7) is 0. The van der Waals surface area contributed by atoms with Crippen molar-refractivity contribution in [2.45, 2.75) is 6.42 Å². The lowest BCUT2D eigenvalue weighted by Crippen LogP contribution is -2.01. The van der Waals surface area contributed by atoms with Crippen molar-refractivity contribution in [3.8, 4) is 11.5 Å². The minimum absolute atomic E-state index is 0.451. The van der Waals surface area contributed by atoms with Crippen LogP contribution in [0.4, 0.5) is 5.82 Å². The predicted octanol–water partition coefficient (Wildman–Crippen LogP) is 1.67. The molecule has 0 fully saturated rings. The van der Waals surface area contributed by atoms with Crippen LogP contribution in [0.25, 0.3) is 0 Å². The van der Waals surface area contributed by atoms with Crippen molar-refractivity contribution in [1.29, 1.82) is 0 Å². The number of nitrogens with two attached hydrogens (primary N) is 1. The van der Waals surface area contributed by atoms with Crippen LogP contribution in [-0.4, -0.2) is 24.2 Å². The number of hydrogen-bond acceptors (Lipinski definition) is 5. The third kappa shape index (κ3) is 2.51. The van der Waals surface area contributed by atoms with E-state index < -0.39 is 0 Å². The summed E-state index contributed by atoms with van der Waals surface area (Å²) in [5.74, 6) is 1.85. The normalized spacial score (nSPS) is 10.1. The van der Waals surface area contributed by atoms with E-state index in [0.29, 0.717) is 23.7 Å². The van der Waals surface area contributed by atoms with Crippen LogP contribution in [0.3, 0.4) is 0 Å². The number of aromatic nitrogens is 2. The highest BCUT2D eigenvalue weighted by molar-refractivity contribution is 5.45. The summed E-state index contributed by atoms with van der Waals surface area (Å²) in [7, 11) is 3.22. The van der Waals surface area contributed by atoms with Crippen molar-refractivity contribution in [2.75, 3.05) is 20.0 Å². The minimum atomic E-state index is 0.451. The Morgan fingerprint density at radius 2 is 1.78 bits per heavy atom. The summed E-state index contributed by atoms with van der Waals surface area (Å²) in [6.07, 6.45) is 3.82. The molecule has 1 aromatic heterocycles. The van der Waals surface area contributed by atoms with Gasteiger partial charge in [0.2, 0.25) is 0 Å². The van der Waals surface area contributed by atoms with Gasteiger partial charge in [-0.05, 0) is 17.7 Å². The second kappa shape index (κ2) is 5.35. The average Bonchev–Trinajstić information content (AvgIpc) is 2.41. The molecular weight excluding hydrogens is 230 g/mol. The van der Waals surface area contributed by atoms with E-state index in [4.69, 9.17) is 15.2 Å². The van der Waals surface area contributed by atoms with Crippen LogP contribution < -0.4 is 15.2 Å². The Labute approximate surface area is 106 Å². The Kier molecular flexibility index (Phi) is 3.62. The maximum absolute atomic E-state index is 5.77. The Bertz CT molecular complexity index is 544. The molecule has 0 unspecified atom stereocenters. The van der Waals surface area contributed by atoms with Crippen LogP contribution in [0.15, 0.2) is 30.6 Å². The van der Waals surface area contributed by atoms with Crippen molar-refractivity contribution < 1.29 is 9.47 Å². The molecular formula is C13H15N3O2. The molecule has 1 heterocycles. The Morgan fingerprint density at radius 3 is 2.44 bits per heavy atom. The summed E-state index contributed by atoms with van der Waals surface area (Å²) in [6, 6.07) is 5.73. The van der Waals surface area contributed by atoms with Crippen molar-refractivity contribution in [1.82, 2.24) is 9.97 Å². The molecule has 0 aliphatic rings. The maximum atomic E-state index is 5.77. The van der Waals surface area contributed by atoms with Gasteiger partial charge in [0.15, 0.2) is 11.5 Å². The lowest BCUT2D eigenvalue weighted by molar-refractivity contribution is 0.354. The van der Waals surface area contributed by atoms with Gasteiger partial charge in [0.05, 0.1) is 19.9 Å². The van der Waals surface area contributed by atoms with E-state index in [0.717, 1.165) is 11.3 Å². The molecule has 0 atom stereocenters. The van der Waals surface area contributed by atoms with Gasteiger partial charge in [-0.25, -0.2) is 4.98 Å². The molecule has 0 bridgehead atoms. The number of benzene rings is 1. The number of hydrogen-bond donors (Lipinski definition) is 1. The molecule has 5 heteroatoms. The number of nitrogen functional groups attached to an aromatic ring is 1. The first kappa shape index (κ1) is 12.2. The van der Waals surface area contributed by atoms with E-state index in [-0.39, 0.29) is 0 Å². The quantitative estimate of drug-likeness (QED) is 0.887. The molecule has 0 aliphatic heterocycles. The first-order chi connectivity index (χ1) is 8.74. The van der Waals surface area contributed by atoms with Crippen molar-refractivity contribution in [3.63, 3.8) is 0 Å². The number of methoxy groups -OCH3 is 2. The number of nitrogens with zero attached hydrogens (tertiary/aromatic N) is 2. The largest absolute Gasteiger partial charge is 0.493 e. The second-order valence-electron chi connectivity index (χ2n) is 3.75. The zero-order valence-electron chi connectivity index (χ0n) is 10.4. The molecule has 0 radical (unpaired) electrons. The first-order valence-corrected chi connectivity index (χ1v) is 5.51. The molecule has 5 nitrogen and oxygen atoms in total.